The van der Waals surface area contributed by atoms with E-state index in [2.05, 4.69) is 25.5 Å². The molecule has 0 spiro atoms. The van der Waals surface area contributed by atoms with Gasteiger partial charge in [-0.25, -0.2) is 18.7 Å². The number of nitrogen functional groups attached to an aromatic ring is 1. The maximum atomic E-state index is 14.6. The molecule has 0 saturated heterocycles. The topological polar surface area (TPSA) is 103 Å². The first-order chi connectivity index (χ1) is 15.0. The van der Waals surface area contributed by atoms with E-state index < -0.39 is 12.5 Å². The summed E-state index contributed by atoms with van der Waals surface area (Å²) in [7, 11) is 0. The monoisotopic (exact) mass is 422 g/mol. The zero-order chi connectivity index (χ0) is 21.8. The average Bonchev–Trinajstić information content (AvgIpc) is 3.25. The molecule has 0 aliphatic carbocycles. The third-order valence-electron chi connectivity index (χ3n) is 4.64. The van der Waals surface area contributed by atoms with E-state index in [0.717, 1.165) is 11.1 Å². The van der Waals surface area contributed by atoms with Crippen molar-refractivity contribution in [2.24, 2.45) is 0 Å². The van der Waals surface area contributed by atoms with Gasteiger partial charge in [-0.15, -0.1) is 10.2 Å². The minimum atomic E-state index is -0.526. The molecule has 3 N–H and O–H groups in total. The quantitative estimate of drug-likeness (QED) is 0.435. The highest BCUT2D eigenvalue weighted by molar-refractivity contribution is 5.69. The molecule has 31 heavy (non-hydrogen) atoms. The normalized spacial score (nSPS) is 11.1. The fourth-order valence-electron chi connectivity index (χ4n) is 2.99. The maximum absolute atomic E-state index is 14.6. The van der Waals surface area contributed by atoms with Crippen LogP contribution in [0.3, 0.4) is 0 Å². The van der Waals surface area contributed by atoms with E-state index in [1.54, 1.807) is 12.3 Å². The summed E-state index contributed by atoms with van der Waals surface area (Å²) in [6.45, 7) is 2.08. The lowest BCUT2D eigenvalue weighted by molar-refractivity contribution is 0.466. The molecule has 4 aromatic rings. The van der Waals surface area contributed by atoms with Crippen molar-refractivity contribution in [1.82, 2.24) is 25.5 Å². The lowest BCUT2D eigenvalue weighted by Gasteiger charge is -2.05. The zero-order valence-electron chi connectivity index (χ0n) is 16.8. The van der Waals surface area contributed by atoms with Crippen molar-refractivity contribution in [2.75, 3.05) is 19.0 Å². The Hall–Kier alpha value is -3.72. The van der Waals surface area contributed by atoms with Gasteiger partial charge in [-0.1, -0.05) is 35.9 Å². The van der Waals surface area contributed by atoms with Crippen molar-refractivity contribution in [2.45, 2.75) is 13.5 Å². The minimum Gasteiger partial charge on any atom is -0.414 e. The predicted octanol–water partition coefficient (Wildman–Crippen LogP) is 3.95. The van der Waals surface area contributed by atoms with Crippen molar-refractivity contribution >= 4 is 5.82 Å². The summed E-state index contributed by atoms with van der Waals surface area (Å²) in [5.74, 6) is -0.359. The molecule has 0 unspecified atom stereocenters. The fourth-order valence-corrected chi connectivity index (χ4v) is 2.99. The summed E-state index contributed by atoms with van der Waals surface area (Å²) in [5, 5.41) is 10.8. The van der Waals surface area contributed by atoms with Crippen LogP contribution in [0.1, 0.15) is 11.1 Å². The van der Waals surface area contributed by atoms with Crippen LogP contribution in [-0.2, 0) is 6.54 Å². The Morgan fingerprint density at radius 3 is 2.58 bits per heavy atom. The van der Waals surface area contributed by atoms with Gasteiger partial charge in [-0.3, -0.25) is 0 Å². The number of nitrogens with one attached hydrogen (secondary N) is 1. The summed E-state index contributed by atoms with van der Waals surface area (Å²) >= 11 is 0. The Morgan fingerprint density at radius 1 is 1.06 bits per heavy atom. The predicted molar refractivity (Wildman–Crippen MR) is 113 cm³/mol. The van der Waals surface area contributed by atoms with E-state index in [-0.39, 0.29) is 35.4 Å². The van der Waals surface area contributed by atoms with Gasteiger partial charge in [0.15, 0.2) is 11.5 Å². The number of aryl methyl sites for hydroxylation is 1. The molecule has 158 valence electrons. The van der Waals surface area contributed by atoms with Gasteiger partial charge in [0.05, 0.1) is 17.5 Å². The fraction of sp³-hybridized carbons (Fsp3) is 0.182. The molecular formula is C22H20F2N6O. The minimum absolute atomic E-state index is 0.00212. The smallest absolute Gasteiger partial charge is 0.270 e. The van der Waals surface area contributed by atoms with E-state index in [9.17, 15) is 8.78 Å². The molecular weight excluding hydrogens is 402 g/mol. The first-order valence-electron chi connectivity index (χ1n) is 9.64. The van der Waals surface area contributed by atoms with Gasteiger partial charge in [0.2, 0.25) is 0 Å². The maximum Gasteiger partial charge on any atom is 0.270 e. The van der Waals surface area contributed by atoms with Gasteiger partial charge in [-0.2, -0.15) is 0 Å². The van der Waals surface area contributed by atoms with Gasteiger partial charge < -0.3 is 15.5 Å². The molecule has 9 heteroatoms. The number of nitrogens with zero attached hydrogens (tertiary/aromatic N) is 4. The Morgan fingerprint density at radius 2 is 1.84 bits per heavy atom. The summed E-state index contributed by atoms with van der Waals surface area (Å²) in [6, 6.07) is 12.4. The van der Waals surface area contributed by atoms with Crippen molar-refractivity contribution < 1.29 is 13.2 Å². The van der Waals surface area contributed by atoms with Crippen LogP contribution in [0.2, 0.25) is 0 Å². The van der Waals surface area contributed by atoms with Crippen LogP contribution in [0.25, 0.3) is 34.3 Å². The summed E-state index contributed by atoms with van der Waals surface area (Å²) in [6.07, 6.45) is 1.57. The molecule has 0 amide bonds. The number of anilines is 1. The van der Waals surface area contributed by atoms with Crippen LogP contribution in [0, 0.1) is 12.7 Å². The number of benzene rings is 2. The number of aromatic nitrogens is 4. The highest BCUT2D eigenvalue weighted by Crippen LogP contribution is 2.29. The van der Waals surface area contributed by atoms with E-state index >= 15 is 0 Å². The number of rotatable bonds is 7. The summed E-state index contributed by atoms with van der Waals surface area (Å²) in [4.78, 5) is 8.69. The van der Waals surface area contributed by atoms with E-state index in [1.807, 2.05) is 31.2 Å². The van der Waals surface area contributed by atoms with E-state index in [0.29, 0.717) is 17.8 Å². The molecule has 0 radical (unpaired) electrons. The highest BCUT2D eigenvalue weighted by atomic mass is 19.1. The van der Waals surface area contributed by atoms with Crippen molar-refractivity contribution in [3.05, 3.63) is 65.6 Å². The second kappa shape index (κ2) is 8.97. The number of alkyl halides is 1. The Labute approximate surface area is 177 Å². The van der Waals surface area contributed by atoms with Crippen LogP contribution >= 0.6 is 0 Å². The standard InChI is InChI=1S/C22H20F2N6O/c1-13-2-5-15(6-3-13)18-12-27-20(25)19(28-18)22-30-29-21(31-22)16-7-4-14(10-17(16)24)11-26-9-8-23/h2-7,10,12,26H,8-9,11H2,1H3,(H2,25,27). The number of hydrogen-bond acceptors (Lipinski definition) is 7. The molecule has 4 rings (SSSR count). The molecule has 7 nitrogen and oxygen atoms in total. The van der Waals surface area contributed by atoms with Crippen LogP contribution in [0.4, 0.5) is 14.6 Å². The van der Waals surface area contributed by atoms with Gasteiger partial charge in [0.1, 0.15) is 12.5 Å². The molecule has 0 aliphatic heterocycles. The van der Waals surface area contributed by atoms with Crippen LogP contribution in [0.15, 0.2) is 53.1 Å². The van der Waals surface area contributed by atoms with Crippen LogP contribution in [0.5, 0.6) is 0 Å². The summed E-state index contributed by atoms with van der Waals surface area (Å²) in [5.41, 5.74) is 9.61. The lowest BCUT2D eigenvalue weighted by Crippen LogP contribution is -2.16. The van der Waals surface area contributed by atoms with Crippen molar-refractivity contribution in [1.29, 1.82) is 0 Å². The largest absolute Gasteiger partial charge is 0.414 e. The Kier molecular flexibility index (Phi) is 5.94. The highest BCUT2D eigenvalue weighted by Gasteiger charge is 2.18. The molecule has 2 aromatic carbocycles. The zero-order valence-corrected chi connectivity index (χ0v) is 16.8. The van der Waals surface area contributed by atoms with Gasteiger partial charge in [0.25, 0.3) is 11.8 Å². The molecule has 0 atom stereocenters. The molecule has 2 heterocycles. The van der Waals surface area contributed by atoms with Crippen LogP contribution in [-0.4, -0.2) is 33.4 Å². The average molecular weight is 422 g/mol. The van der Waals surface area contributed by atoms with E-state index in [4.69, 9.17) is 10.2 Å². The molecule has 0 saturated carbocycles. The van der Waals surface area contributed by atoms with Gasteiger partial charge in [-0.05, 0) is 24.6 Å². The van der Waals surface area contributed by atoms with Gasteiger partial charge >= 0.3 is 0 Å². The lowest BCUT2D eigenvalue weighted by atomic mass is 10.1. The second-order valence-corrected chi connectivity index (χ2v) is 6.95. The molecule has 0 fully saturated rings. The molecule has 0 bridgehead atoms. The van der Waals surface area contributed by atoms with Crippen LogP contribution < -0.4 is 11.1 Å². The third-order valence-corrected chi connectivity index (χ3v) is 4.64. The molecule has 0 aliphatic rings. The van der Waals surface area contributed by atoms with Crippen molar-refractivity contribution in [3.63, 3.8) is 0 Å². The SMILES string of the molecule is Cc1ccc(-c2cnc(N)c(-c3nnc(-c4ccc(CNCCF)cc4F)o3)n2)cc1. The molecule has 2 aromatic heterocycles. The van der Waals surface area contributed by atoms with E-state index in [1.165, 1.54) is 12.1 Å². The van der Waals surface area contributed by atoms with Gasteiger partial charge in [0, 0.05) is 18.7 Å². The number of halogens is 2. The first-order valence-corrected chi connectivity index (χ1v) is 9.64. The van der Waals surface area contributed by atoms with Crippen molar-refractivity contribution in [3.8, 4) is 34.3 Å². The number of hydrogen-bond donors (Lipinski definition) is 2. The second-order valence-electron chi connectivity index (χ2n) is 6.95. The Balaban J connectivity index is 1.62. The number of nitrogens with two attached hydrogens (primary N) is 1. The Bertz CT molecular complexity index is 1190. The third kappa shape index (κ3) is 4.56. The summed E-state index contributed by atoms with van der Waals surface area (Å²) < 4.78 is 32.4. The first kappa shape index (κ1) is 20.5.